The summed E-state index contributed by atoms with van der Waals surface area (Å²) in [6.45, 7) is 3.56. The molecule has 1 aromatic heterocycles. The number of nitrogens with zero attached hydrogens (tertiary/aromatic N) is 1. The second-order valence-corrected chi connectivity index (χ2v) is 4.68. The van der Waals surface area contributed by atoms with Gasteiger partial charge in [0.1, 0.15) is 5.52 Å². The van der Waals surface area contributed by atoms with Crippen molar-refractivity contribution in [3.8, 4) is 0 Å². The van der Waals surface area contributed by atoms with Gasteiger partial charge in [0, 0.05) is 0 Å². The summed E-state index contributed by atoms with van der Waals surface area (Å²) in [5, 5.41) is 1.81. The van der Waals surface area contributed by atoms with Crippen LogP contribution >= 0.6 is 11.8 Å². The van der Waals surface area contributed by atoms with E-state index < -0.39 is 0 Å². The molecule has 0 amide bonds. The highest BCUT2D eigenvalue weighted by Gasteiger charge is 2.14. The lowest BCUT2D eigenvalue weighted by molar-refractivity contribution is -0.111. The number of thioether (sulfide) groups is 1. The number of oxazole rings is 1. The van der Waals surface area contributed by atoms with Crippen molar-refractivity contribution in [1.82, 2.24) is 4.98 Å². The summed E-state index contributed by atoms with van der Waals surface area (Å²) in [5.41, 5.74) is 2.01. The lowest BCUT2D eigenvalue weighted by Gasteiger charge is -1.96. The van der Waals surface area contributed by atoms with Gasteiger partial charge < -0.3 is 4.42 Å². The number of benzene rings is 1. The first-order chi connectivity index (χ1) is 8.22. The monoisotopic (exact) mass is 247 g/mol. The Bertz CT molecular complexity index is 539. The smallest absolute Gasteiger partial charge is 0.231 e. The van der Waals surface area contributed by atoms with Gasteiger partial charge in [-0.15, -0.1) is 11.8 Å². The molecular formula is C13H13NO2S. The maximum absolute atomic E-state index is 11.5. The van der Waals surface area contributed by atoms with Crippen molar-refractivity contribution in [2.75, 3.05) is 5.75 Å². The van der Waals surface area contributed by atoms with Crippen LogP contribution in [0.3, 0.4) is 0 Å². The molecule has 0 aliphatic rings. The number of ketones is 1. The van der Waals surface area contributed by atoms with Crippen LogP contribution in [0.25, 0.3) is 16.7 Å². The van der Waals surface area contributed by atoms with Crippen molar-refractivity contribution in [3.63, 3.8) is 0 Å². The zero-order valence-electron chi connectivity index (χ0n) is 9.77. The molecule has 88 valence electrons. The first-order valence-corrected chi connectivity index (χ1v) is 6.46. The third kappa shape index (κ3) is 2.58. The maximum atomic E-state index is 11.5. The molecule has 2 aromatic rings. The minimum absolute atomic E-state index is 0.0301. The van der Waals surface area contributed by atoms with Gasteiger partial charge in [-0.3, -0.25) is 4.79 Å². The molecule has 0 atom stereocenters. The molecule has 0 aliphatic carbocycles. The van der Waals surface area contributed by atoms with Gasteiger partial charge in [-0.25, -0.2) is 4.98 Å². The van der Waals surface area contributed by atoms with Gasteiger partial charge >= 0.3 is 0 Å². The fourth-order valence-electron chi connectivity index (χ4n) is 1.44. The molecule has 1 heterocycles. The first-order valence-electron chi connectivity index (χ1n) is 5.41. The Labute approximate surface area is 104 Å². The number of para-hydroxylation sites is 2. The second-order valence-electron chi connectivity index (χ2n) is 3.53. The van der Waals surface area contributed by atoms with Crippen molar-refractivity contribution >= 4 is 34.2 Å². The van der Waals surface area contributed by atoms with E-state index in [0.717, 1.165) is 11.3 Å². The van der Waals surface area contributed by atoms with Crippen molar-refractivity contribution < 1.29 is 9.21 Å². The molecule has 4 heteroatoms. The molecule has 0 unspecified atom stereocenters. The molecule has 0 fully saturated rings. The number of carbonyl (C=O) groups excluding carboxylic acids is 1. The molecule has 2 rings (SSSR count). The van der Waals surface area contributed by atoms with Crippen LogP contribution in [0.2, 0.25) is 0 Å². The van der Waals surface area contributed by atoms with E-state index in [4.69, 9.17) is 4.42 Å². The van der Waals surface area contributed by atoms with E-state index in [9.17, 15) is 4.79 Å². The normalized spacial score (nSPS) is 12.0. The zero-order chi connectivity index (χ0) is 12.3. The highest BCUT2D eigenvalue weighted by Crippen LogP contribution is 2.23. The van der Waals surface area contributed by atoms with Gasteiger partial charge in [-0.1, -0.05) is 19.1 Å². The number of allylic oxidation sites excluding steroid dienone is 1. The molecule has 0 spiro atoms. The highest BCUT2D eigenvalue weighted by molar-refractivity contribution is 8.02. The quantitative estimate of drug-likeness (QED) is 0.775. The summed E-state index contributed by atoms with van der Waals surface area (Å²) in [6, 6.07) is 7.49. The summed E-state index contributed by atoms with van der Waals surface area (Å²) < 4.78 is 5.57. The molecule has 1 aromatic carbocycles. The largest absolute Gasteiger partial charge is 0.436 e. The van der Waals surface area contributed by atoms with Gasteiger partial charge in [0.2, 0.25) is 5.89 Å². The summed E-state index contributed by atoms with van der Waals surface area (Å²) in [6.07, 6.45) is 0. The molecule has 0 saturated carbocycles. The zero-order valence-corrected chi connectivity index (χ0v) is 10.6. The average molecular weight is 247 g/mol. The van der Waals surface area contributed by atoms with Crippen LogP contribution < -0.4 is 0 Å². The number of rotatable bonds is 4. The summed E-state index contributed by atoms with van der Waals surface area (Å²) in [4.78, 5) is 15.9. The van der Waals surface area contributed by atoms with Gasteiger partial charge in [0.05, 0.1) is 5.57 Å². The van der Waals surface area contributed by atoms with Crippen LogP contribution in [0.5, 0.6) is 0 Å². The van der Waals surface area contributed by atoms with Crippen molar-refractivity contribution in [1.29, 1.82) is 0 Å². The summed E-state index contributed by atoms with van der Waals surface area (Å²) in [5.74, 6) is 1.29. The molecule has 0 aliphatic heterocycles. The molecule has 0 N–H and O–H groups in total. The fraction of sp³-hybridized carbons (Fsp3) is 0.231. The van der Waals surface area contributed by atoms with Crippen LogP contribution in [0.1, 0.15) is 19.7 Å². The third-order valence-electron chi connectivity index (χ3n) is 2.27. The van der Waals surface area contributed by atoms with E-state index in [2.05, 4.69) is 4.98 Å². The molecular weight excluding hydrogens is 234 g/mol. The first kappa shape index (κ1) is 11.9. The number of carbonyl (C=O) groups is 1. The molecule has 0 bridgehead atoms. The van der Waals surface area contributed by atoms with Crippen LogP contribution in [0.4, 0.5) is 0 Å². The number of hydrogen-bond donors (Lipinski definition) is 0. The minimum Gasteiger partial charge on any atom is -0.436 e. The fourth-order valence-corrected chi connectivity index (χ4v) is 2.04. The summed E-state index contributed by atoms with van der Waals surface area (Å²) in [7, 11) is 0. The van der Waals surface area contributed by atoms with E-state index in [0.29, 0.717) is 17.0 Å². The van der Waals surface area contributed by atoms with Crippen molar-refractivity contribution in [3.05, 3.63) is 35.6 Å². The lowest BCUT2D eigenvalue weighted by Crippen LogP contribution is -1.95. The minimum atomic E-state index is -0.0301. The van der Waals surface area contributed by atoms with Crippen LogP contribution in [0, 0.1) is 0 Å². The Kier molecular flexibility index (Phi) is 3.64. The van der Waals surface area contributed by atoms with E-state index in [1.165, 1.54) is 6.92 Å². The Balaban J connectivity index is 2.45. The van der Waals surface area contributed by atoms with Crippen molar-refractivity contribution in [2.24, 2.45) is 0 Å². The van der Waals surface area contributed by atoms with Gasteiger partial charge in [0.25, 0.3) is 0 Å². The van der Waals surface area contributed by atoms with Crippen LogP contribution in [-0.4, -0.2) is 16.5 Å². The highest BCUT2D eigenvalue weighted by atomic mass is 32.2. The summed E-state index contributed by atoms with van der Waals surface area (Å²) >= 11 is 1.57. The number of fused-ring (bicyclic) bond motifs is 1. The second kappa shape index (κ2) is 5.19. The van der Waals surface area contributed by atoms with Gasteiger partial charge in [0.15, 0.2) is 11.4 Å². The van der Waals surface area contributed by atoms with Gasteiger partial charge in [-0.2, -0.15) is 0 Å². The Morgan fingerprint density at radius 3 is 2.88 bits per heavy atom. The Hall–Kier alpha value is -1.55. The maximum Gasteiger partial charge on any atom is 0.231 e. The lowest BCUT2D eigenvalue weighted by atomic mass is 10.2. The Morgan fingerprint density at radius 1 is 1.47 bits per heavy atom. The predicted octanol–water partition coefficient (Wildman–Crippen LogP) is 3.51. The van der Waals surface area contributed by atoms with Crippen molar-refractivity contribution in [2.45, 2.75) is 13.8 Å². The third-order valence-corrected chi connectivity index (χ3v) is 3.01. The Morgan fingerprint density at radius 2 is 2.24 bits per heavy atom. The molecule has 0 radical (unpaired) electrons. The standard InChI is InChI=1S/C13H13NO2S/c1-3-17-8-10(9(2)15)13-14-11-6-4-5-7-12(11)16-13/h4-8H,3H2,1-2H3. The van der Waals surface area contributed by atoms with Crippen LogP contribution in [-0.2, 0) is 4.79 Å². The SMILES string of the molecule is CCSC=C(C(C)=O)c1nc2ccccc2o1. The number of Topliss-reactive ketones (excluding diaryl/α,β-unsaturated/α-hetero) is 1. The van der Waals surface area contributed by atoms with E-state index >= 15 is 0 Å². The van der Waals surface area contributed by atoms with E-state index in [1.54, 1.807) is 11.8 Å². The predicted molar refractivity (Wildman–Crippen MR) is 70.8 cm³/mol. The molecule has 0 saturated heterocycles. The van der Waals surface area contributed by atoms with Crippen LogP contribution in [0.15, 0.2) is 34.1 Å². The van der Waals surface area contributed by atoms with E-state index in [1.807, 2.05) is 36.6 Å². The number of aromatic nitrogens is 1. The molecule has 17 heavy (non-hydrogen) atoms. The van der Waals surface area contributed by atoms with Gasteiger partial charge in [-0.05, 0) is 30.2 Å². The molecule has 3 nitrogen and oxygen atoms in total. The topological polar surface area (TPSA) is 43.1 Å². The van der Waals surface area contributed by atoms with E-state index in [-0.39, 0.29) is 5.78 Å². The average Bonchev–Trinajstić information content (AvgIpc) is 2.72. The number of hydrogen-bond acceptors (Lipinski definition) is 4.